The average molecular weight is 165 g/mol. The molecule has 3 aliphatic rings. The van der Waals surface area contributed by atoms with Crippen molar-refractivity contribution in [1.29, 1.82) is 0 Å². The molecule has 0 unspecified atom stereocenters. The standard InChI is InChI=1S/C11H19N/c1-8-4-5-9-7-10-3-2-6-12(10)11(8)9/h8-11H,2-7H2,1H3/t8-,9-,10-,11-/m1/s1. The van der Waals surface area contributed by atoms with Crippen LogP contribution in [0.1, 0.15) is 39.0 Å². The van der Waals surface area contributed by atoms with Gasteiger partial charge in [-0.05, 0) is 50.5 Å². The molecular formula is C11H19N. The lowest BCUT2D eigenvalue weighted by atomic mass is 9.98. The van der Waals surface area contributed by atoms with Crippen molar-refractivity contribution >= 4 is 0 Å². The van der Waals surface area contributed by atoms with E-state index in [-0.39, 0.29) is 0 Å². The molecule has 0 aromatic heterocycles. The van der Waals surface area contributed by atoms with Crippen LogP contribution in [0.15, 0.2) is 0 Å². The largest absolute Gasteiger partial charge is 0.297 e. The second kappa shape index (κ2) is 2.47. The van der Waals surface area contributed by atoms with Crippen molar-refractivity contribution in [3.05, 3.63) is 0 Å². The number of nitrogens with zero attached hydrogens (tertiary/aromatic N) is 1. The van der Waals surface area contributed by atoms with Crippen LogP contribution in [-0.4, -0.2) is 23.5 Å². The molecule has 2 saturated heterocycles. The number of hydrogen-bond acceptors (Lipinski definition) is 1. The molecule has 1 saturated carbocycles. The molecule has 3 rings (SSSR count). The van der Waals surface area contributed by atoms with Crippen LogP contribution in [0, 0.1) is 11.8 Å². The maximum absolute atomic E-state index is 2.84. The second-order valence-electron chi connectivity index (χ2n) is 5.07. The van der Waals surface area contributed by atoms with Gasteiger partial charge < -0.3 is 0 Å². The molecular weight excluding hydrogens is 146 g/mol. The maximum Gasteiger partial charge on any atom is 0.0153 e. The molecule has 2 heterocycles. The topological polar surface area (TPSA) is 3.24 Å². The Hall–Kier alpha value is -0.0400. The Bertz CT molecular complexity index is 189. The maximum atomic E-state index is 2.84. The number of hydrogen-bond donors (Lipinski definition) is 0. The number of rotatable bonds is 0. The summed E-state index contributed by atoms with van der Waals surface area (Å²) in [6, 6.07) is 2.00. The lowest BCUT2D eigenvalue weighted by Gasteiger charge is -2.26. The fourth-order valence-electron chi connectivity index (χ4n) is 3.99. The molecule has 0 spiro atoms. The summed E-state index contributed by atoms with van der Waals surface area (Å²) in [5.74, 6) is 2.09. The van der Waals surface area contributed by atoms with Crippen molar-refractivity contribution in [3.8, 4) is 0 Å². The molecule has 0 N–H and O–H groups in total. The highest BCUT2D eigenvalue weighted by Gasteiger charge is 2.48. The fourth-order valence-corrected chi connectivity index (χ4v) is 3.99. The molecule has 0 aromatic carbocycles. The minimum Gasteiger partial charge on any atom is -0.297 e. The first-order chi connectivity index (χ1) is 5.86. The van der Waals surface area contributed by atoms with E-state index < -0.39 is 0 Å². The minimum atomic E-state index is 0.998. The first kappa shape index (κ1) is 7.37. The van der Waals surface area contributed by atoms with Crippen molar-refractivity contribution < 1.29 is 0 Å². The van der Waals surface area contributed by atoms with Crippen LogP contribution in [0.25, 0.3) is 0 Å². The molecule has 3 fully saturated rings. The van der Waals surface area contributed by atoms with E-state index in [4.69, 9.17) is 0 Å². The van der Waals surface area contributed by atoms with Crippen molar-refractivity contribution in [2.24, 2.45) is 11.8 Å². The lowest BCUT2D eigenvalue weighted by molar-refractivity contribution is 0.198. The van der Waals surface area contributed by atoms with Gasteiger partial charge in [0.2, 0.25) is 0 Å². The molecule has 1 aliphatic carbocycles. The molecule has 4 atom stereocenters. The Kier molecular flexibility index (Phi) is 1.52. The highest BCUT2D eigenvalue weighted by molar-refractivity contribution is 5.02. The third kappa shape index (κ3) is 0.834. The minimum absolute atomic E-state index is 0.998. The summed E-state index contributed by atoms with van der Waals surface area (Å²) in [5, 5.41) is 0. The van der Waals surface area contributed by atoms with Gasteiger partial charge in [-0.25, -0.2) is 0 Å². The van der Waals surface area contributed by atoms with Gasteiger partial charge in [0.25, 0.3) is 0 Å². The van der Waals surface area contributed by atoms with E-state index >= 15 is 0 Å². The molecule has 2 aliphatic heterocycles. The zero-order valence-electron chi connectivity index (χ0n) is 8.00. The molecule has 1 heteroatoms. The summed E-state index contributed by atoms with van der Waals surface area (Å²) in [6.07, 6.45) is 7.53. The van der Waals surface area contributed by atoms with E-state index in [1.807, 2.05) is 0 Å². The third-order valence-corrected chi connectivity index (χ3v) is 4.44. The van der Waals surface area contributed by atoms with Crippen molar-refractivity contribution in [2.45, 2.75) is 51.1 Å². The lowest BCUT2D eigenvalue weighted by Crippen LogP contribution is -2.35. The number of fused-ring (bicyclic) bond motifs is 3. The SMILES string of the molecule is C[C@@H]1CC[C@@H]2C[C@H]3CCCN3[C@@H]21. The Labute approximate surface area is 75.1 Å². The van der Waals surface area contributed by atoms with E-state index in [2.05, 4.69) is 11.8 Å². The van der Waals surface area contributed by atoms with Crippen LogP contribution in [0.4, 0.5) is 0 Å². The van der Waals surface area contributed by atoms with Gasteiger partial charge in [-0.1, -0.05) is 6.92 Å². The predicted molar refractivity (Wildman–Crippen MR) is 50.0 cm³/mol. The Morgan fingerprint density at radius 2 is 2.08 bits per heavy atom. The monoisotopic (exact) mass is 165 g/mol. The van der Waals surface area contributed by atoms with E-state index in [0.717, 1.165) is 23.9 Å². The van der Waals surface area contributed by atoms with Crippen molar-refractivity contribution in [3.63, 3.8) is 0 Å². The van der Waals surface area contributed by atoms with E-state index in [1.165, 1.54) is 38.6 Å². The van der Waals surface area contributed by atoms with Crippen LogP contribution < -0.4 is 0 Å². The zero-order valence-corrected chi connectivity index (χ0v) is 8.00. The molecule has 12 heavy (non-hydrogen) atoms. The Balaban J connectivity index is 1.85. The third-order valence-electron chi connectivity index (χ3n) is 4.44. The molecule has 0 radical (unpaired) electrons. The van der Waals surface area contributed by atoms with E-state index in [9.17, 15) is 0 Å². The first-order valence-corrected chi connectivity index (χ1v) is 5.62. The van der Waals surface area contributed by atoms with Gasteiger partial charge in [-0.15, -0.1) is 0 Å². The summed E-state index contributed by atoms with van der Waals surface area (Å²) in [4.78, 5) is 2.84. The Morgan fingerprint density at radius 3 is 3.00 bits per heavy atom. The summed E-state index contributed by atoms with van der Waals surface area (Å²) >= 11 is 0. The Morgan fingerprint density at radius 1 is 1.17 bits per heavy atom. The van der Waals surface area contributed by atoms with Crippen molar-refractivity contribution in [2.75, 3.05) is 6.54 Å². The molecule has 68 valence electrons. The summed E-state index contributed by atoms with van der Waals surface area (Å²) in [7, 11) is 0. The van der Waals surface area contributed by atoms with Crippen LogP contribution in [0.2, 0.25) is 0 Å². The summed E-state index contributed by atoms with van der Waals surface area (Å²) in [5.41, 5.74) is 0. The highest BCUT2D eigenvalue weighted by atomic mass is 15.2. The molecule has 0 bridgehead atoms. The van der Waals surface area contributed by atoms with Gasteiger partial charge in [0.1, 0.15) is 0 Å². The highest BCUT2D eigenvalue weighted by Crippen LogP contribution is 2.47. The summed E-state index contributed by atoms with van der Waals surface area (Å²) < 4.78 is 0. The predicted octanol–water partition coefficient (Wildman–Crippen LogP) is 2.27. The molecule has 0 amide bonds. The van der Waals surface area contributed by atoms with E-state index in [0.29, 0.717) is 0 Å². The van der Waals surface area contributed by atoms with Crippen LogP contribution >= 0.6 is 0 Å². The normalized spacial score (nSPS) is 52.8. The van der Waals surface area contributed by atoms with Gasteiger partial charge in [0.15, 0.2) is 0 Å². The van der Waals surface area contributed by atoms with Gasteiger partial charge in [0, 0.05) is 12.1 Å². The van der Waals surface area contributed by atoms with Gasteiger partial charge in [0.05, 0.1) is 0 Å². The second-order valence-corrected chi connectivity index (χ2v) is 5.07. The molecule has 1 nitrogen and oxygen atoms in total. The summed E-state index contributed by atoms with van der Waals surface area (Å²) in [6.45, 7) is 3.88. The van der Waals surface area contributed by atoms with Crippen LogP contribution in [-0.2, 0) is 0 Å². The van der Waals surface area contributed by atoms with Crippen molar-refractivity contribution in [1.82, 2.24) is 4.90 Å². The van der Waals surface area contributed by atoms with Crippen LogP contribution in [0.5, 0.6) is 0 Å². The molecule has 0 aromatic rings. The average Bonchev–Trinajstić information content (AvgIpc) is 2.61. The first-order valence-electron chi connectivity index (χ1n) is 5.62. The van der Waals surface area contributed by atoms with Crippen LogP contribution in [0.3, 0.4) is 0 Å². The van der Waals surface area contributed by atoms with Gasteiger partial charge in [-0.3, -0.25) is 4.90 Å². The fraction of sp³-hybridized carbons (Fsp3) is 1.00. The van der Waals surface area contributed by atoms with E-state index in [1.54, 1.807) is 0 Å². The van der Waals surface area contributed by atoms with Gasteiger partial charge in [-0.2, -0.15) is 0 Å². The van der Waals surface area contributed by atoms with Gasteiger partial charge >= 0.3 is 0 Å². The zero-order chi connectivity index (χ0) is 8.13. The smallest absolute Gasteiger partial charge is 0.0153 e. The quantitative estimate of drug-likeness (QED) is 0.532.